The molecule has 80 valence electrons. The van der Waals surface area contributed by atoms with Crippen molar-refractivity contribution in [3.63, 3.8) is 0 Å². The van der Waals surface area contributed by atoms with Crippen LogP contribution in [0.25, 0.3) is 0 Å². The van der Waals surface area contributed by atoms with E-state index < -0.39 is 5.79 Å². The smallest absolute Gasteiger partial charge is 0.166 e. The van der Waals surface area contributed by atoms with Crippen molar-refractivity contribution in [3.05, 3.63) is 0 Å². The summed E-state index contributed by atoms with van der Waals surface area (Å²) in [5.74, 6) is 1.24. The Morgan fingerprint density at radius 2 is 1.71 bits per heavy atom. The van der Waals surface area contributed by atoms with Crippen molar-refractivity contribution < 1.29 is 9.84 Å². The molecule has 2 unspecified atom stereocenters. The van der Waals surface area contributed by atoms with Crippen molar-refractivity contribution in [1.82, 2.24) is 0 Å². The third-order valence-electron chi connectivity index (χ3n) is 4.60. The van der Waals surface area contributed by atoms with Gasteiger partial charge in [-0.1, -0.05) is 13.8 Å². The predicted molar refractivity (Wildman–Crippen MR) is 53.7 cm³/mol. The molecule has 2 aliphatic carbocycles. The van der Waals surface area contributed by atoms with Gasteiger partial charge in [0.15, 0.2) is 5.79 Å². The summed E-state index contributed by atoms with van der Waals surface area (Å²) < 4.78 is 6.02. The molecule has 2 nitrogen and oxygen atoms in total. The Labute approximate surface area is 85.6 Å². The lowest BCUT2D eigenvalue weighted by atomic mass is 9.58. The molecule has 1 N–H and O–H groups in total. The van der Waals surface area contributed by atoms with Crippen molar-refractivity contribution in [1.29, 1.82) is 0 Å². The van der Waals surface area contributed by atoms with Crippen molar-refractivity contribution >= 4 is 0 Å². The summed E-state index contributed by atoms with van der Waals surface area (Å²) in [5.41, 5.74) is 0.0127. The van der Waals surface area contributed by atoms with Crippen LogP contribution in [0.1, 0.15) is 46.0 Å². The first-order chi connectivity index (χ1) is 6.51. The third-order valence-corrected chi connectivity index (χ3v) is 4.60. The Morgan fingerprint density at radius 3 is 2.14 bits per heavy atom. The van der Waals surface area contributed by atoms with E-state index in [0.29, 0.717) is 5.92 Å². The molecule has 2 heterocycles. The van der Waals surface area contributed by atoms with E-state index in [0.717, 1.165) is 24.7 Å². The van der Waals surface area contributed by atoms with Crippen LogP contribution in [0.15, 0.2) is 0 Å². The molecule has 0 aromatic carbocycles. The highest BCUT2D eigenvalue weighted by atomic mass is 16.6. The van der Waals surface area contributed by atoms with Crippen LogP contribution in [0.2, 0.25) is 0 Å². The molecule has 2 aliphatic heterocycles. The number of rotatable bonds is 1. The minimum Gasteiger partial charge on any atom is -0.365 e. The Kier molecular flexibility index (Phi) is 1.66. The van der Waals surface area contributed by atoms with Crippen LogP contribution in [-0.2, 0) is 4.74 Å². The zero-order valence-corrected chi connectivity index (χ0v) is 9.12. The lowest BCUT2D eigenvalue weighted by molar-refractivity contribution is -0.365. The van der Waals surface area contributed by atoms with Crippen LogP contribution in [-0.4, -0.2) is 16.5 Å². The monoisotopic (exact) mass is 196 g/mol. The van der Waals surface area contributed by atoms with Crippen LogP contribution in [0.5, 0.6) is 0 Å². The van der Waals surface area contributed by atoms with E-state index in [4.69, 9.17) is 4.74 Å². The summed E-state index contributed by atoms with van der Waals surface area (Å²) in [4.78, 5) is 0. The quantitative estimate of drug-likeness (QED) is 0.697. The highest BCUT2D eigenvalue weighted by Gasteiger charge is 2.59. The minimum atomic E-state index is -0.756. The van der Waals surface area contributed by atoms with Crippen LogP contribution in [0.4, 0.5) is 0 Å². The van der Waals surface area contributed by atoms with Gasteiger partial charge in [0.05, 0.1) is 5.60 Å². The largest absolute Gasteiger partial charge is 0.365 e. The number of hydrogen-bond donors (Lipinski definition) is 1. The molecule has 14 heavy (non-hydrogen) atoms. The first-order valence-corrected chi connectivity index (χ1v) is 5.94. The molecule has 0 aromatic rings. The summed E-state index contributed by atoms with van der Waals surface area (Å²) in [6.45, 7) is 4.47. The molecule has 4 fully saturated rings. The topological polar surface area (TPSA) is 29.5 Å². The van der Waals surface area contributed by atoms with E-state index in [1.807, 2.05) is 0 Å². The fourth-order valence-corrected chi connectivity index (χ4v) is 4.13. The van der Waals surface area contributed by atoms with E-state index in [1.54, 1.807) is 0 Å². The molecule has 2 heteroatoms. The van der Waals surface area contributed by atoms with E-state index in [9.17, 15) is 5.11 Å². The van der Waals surface area contributed by atoms with Crippen LogP contribution in [0, 0.1) is 17.8 Å². The van der Waals surface area contributed by atoms with Crippen molar-refractivity contribution in [2.45, 2.75) is 57.3 Å². The molecule has 0 spiro atoms. The van der Waals surface area contributed by atoms with Crippen molar-refractivity contribution in [3.8, 4) is 0 Å². The maximum Gasteiger partial charge on any atom is 0.166 e. The summed E-state index contributed by atoms with van der Waals surface area (Å²) in [7, 11) is 0. The zero-order valence-electron chi connectivity index (χ0n) is 9.12. The van der Waals surface area contributed by atoms with Gasteiger partial charge in [0.25, 0.3) is 0 Å². The SMILES string of the molecule is CC(C)C12CC3CC(CC(O)(C3)O1)C2. The first-order valence-electron chi connectivity index (χ1n) is 5.94. The molecule has 2 atom stereocenters. The lowest BCUT2D eigenvalue weighted by Crippen LogP contribution is -2.63. The lowest BCUT2D eigenvalue weighted by Gasteiger charge is -2.61. The molecule has 2 saturated carbocycles. The van der Waals surface area contributed by atoms with E-state index >= 15 is 0 Å². The summed E-state index contributed by atoms with van der Waals surface area (Å²) in [6, 6.07) is 0. The molecule has 0 amide bonds. The molecular weight excluding hydrogens is 176 g/mol. The Bertz CT molecular complexity index is 245. The maximum absolute atomic E-state index is 10.3. The van der Waals surface area contributed by atoms with Gasteiger partial charge >= 0.3 is 0 Å². The fourth-order valence-electron chi connectivity index (χ4n) is 4.13. The molecule has 4 rings (SSSR count). The highest BCUT2D eigenvalue weighted by Crippen LogP contribution is 2.58. The standard InChI is InChI=1S/C12H20O2/c1-8(2)11-4-9-3-10(5-11)7-12(13,6-9)14-11/h8-10,13H,3-7H2,1-2H3. The fraction of sp³-hybridized carbons (Fsp3) is 1.00. The molecule has 0 radical (unpaired) electrons. The number of ether oxygens (including phenoxy) is 1. The van der Waals surface area contributed by atoms with Crippen LogP contribution < -0.4 is 0 Å². The van der Waals surface area contributed by atoms with Gasteiger partial charge in [0, 0.05) is 12.8 Å². The second-order valence-corrected chi connectivity index (χ2v) is 6.05. The highest BCUT2D eigenvalue weighted by molar-refractivity contribution is 5.05. The van der Waals surface area contributed by atoms with Gasteiger partial charge in [-0.3, -0.25) is 0 Å². The summed E-state index contributed by atoms with van der Waals surface area (Å²) >= 11 is 0. The van der Waals surface area contributed by atoms with E-state index in [1.165, 1.54) is 19.3 Å². The maximum atomic E-state index is 10.3. The molecule has 0 aromatic heterocycles. The van der Waals surface area contributed by atoms with Gasteiger partial charge in [-0.15, -0.1) is 0 Å². The average molecular weight is 196 g/mol. The normalized spacial score (nSPS) is 55.7. The van der Waals surface area contributed by atoms with Crippen LogP contribution >= 0.6 is 0 Å². The first kappa shape index (κ1) is 9.17. The van der Waals surface area contributed by atoms with E-state index in [-0.39, 0.29) is 5.60 Å². The predicted octanol–water partition coefficient (Wildman–Crippen LogP) is 2.31. The molecular formula is C12H20O2. The van der Waals surface area contributed by atoms with Gasteiger partial charge in [-0.2, -0.15) is 0 Å². The third kappa shape index (κ3) is 1.10. The number of aliphatic hydroxyl groups is 1. The van der Waals surface area contributed by atoms with Crippen molar-refractivity contribution in [2.24, 2.45) is 17.8 Å². The molecule has 2 saturated heterocycles. The van der Waals surface area contributed by atoms with E-state index in [2.05, 4.69) is 13.8 Å². The Morgan fingerprint density at radius 1 is 1.14 bits per heavy atom. The Balaban J connectivity index is 1.96. The summed E-state index contributed by atoms with van der Waals surface area (Å²) in [6.07, 6.45) is 5.48. The van der Waals surface area contributed by atoms with Gasteiger partial charge in [0.2, 0.25) is 0 Å². The molecule has 4 aliphatic rings. The minimum absolute atomic E-state index is 0.0127. The summed E-state index contributed by atoms with van der Waals surface area (Å²) in [5, 5.41) is 10.3. The molecule has 4 bridgehead atoms. The number of hydrogen-bond acceptors (Lipinski definition) is 2. The second kappa shape index (κ2) is 2.53. The van der Waals surface area contributed by atoms with Crippen molar-refractivity contribution in [2.75, 3.05) is 0 Å². The Hall–Kier alpha value is -0.0800. The second-order valence-electron chi connectivity index (χ2n) is 6.05. The average Bonchev–Trinajstić information content (AvgIpc) is 1.98. The van der Waals surface area contributed by atoms with Gasteiger partial charge < -0.3 is 9.84 Å². The van der Waals surface area contributed by atoms with Crippen LogP contribution in [0.3, 0.4) is 0 Å². The van der Waals surface area contributed by atoms with Gasteiger partial charge in [-0.25, -0.2) is 0 Å². The van der Waals surface area contributed by atoms with Gasteiger partial charge in [0.1, 0.15) is 0 Å². The zero-order chi connectivity index (χ0) is 9.97. The van der Waals surface area contributed by atoms with Gasteiger partial charge in [-0.05, 0) is 37.0 Å².